The third-order valence-electron chi connectivity index (χ3n) is 2.44. The topological polar surface area (TPSA) is 75.6 Å². The minimum Gasteiger partial charge on any atom is -0.478 e. The van der Waals surface area contributed by atoms with Crippen LogP contribution in [0.1, 0.15) is 26.2 Å². The van der Waals surface area contributed by atoms with E-state index in [1.807, 2.05) is 6.08 Å². The summed E-state index contributed by atoms with van der Waals surface area (Å²) in [4.78, 5) is 21.6. The first kappa shape index (κ1) is 13.3. The van der Waals surface area contributed by atoms with Crippen LogP contribution in [0.2, 0.25) is 0 Å². The lowest BCUT2D eigenvalue weighted by atomic mass is 9.94. The van der Waals surface area contributed by atoms with Crippen molar-refractivity contribution in [3.8, 4) is 0 Å². The maximum absolute atomic E-state index is 11.2. The van der Waals surface area contributed by atoms with E-state index in [1.54, 1.807) is 13.0 Å². The average molecular weight is 239 g/mol. The number of ether oxygens (including phenoxy) is 1. The number of carboxylic acid groups (broad SMARTS) is 1. The molecule has 1 amide bonds. The Kier molecular flexibility index (Phi) is 5.26. The van der Waals surface area contributed by atoms with E-state index in [4.69, 9.17) is 9.84 Å². The molecule has 0 spiro atoms. The third-order valence-corrected chi connectivity index (χ3v) is 2.44. The van der Waals surface area contributed by atoms with Crippen LogP contribution in [0.15, 0.2) is 23.8 Å². The van der Waals surface area contributed by atoms with Crippen molar-refractivity contribution in [2.24, 2.45) is 0 Å². The maximum atomic E-state index is 11.2. The van der Waals surface area contributed by atoms with Gasteiger partial charge in [-0.15, -0.1) is 0 Å². The van der Waals surface area contributed by atoms with E-state index in [0.717, 1.165) is 24.5 Å². The van der Waals surface area contributed by atoms with Gasteiger partial charge in [0.25, 0.3) is 0 Å². The van der Waals surface area contributed by atoms with Crippen molar-refractivity contribution >= 4 is 12.1 Å². The van der Waals surface area contributed by atoms with Crippen LogP contribution in [-0.2, 0) is 9.53 Å². The van der Waals surface area contributed by atoms with Crippen LogP contribution in [-0.4, -0.2) is 29.8 Å². The molecule has 0 aliphatic heterocycles. The molecular weight excluding hydrogens is 222 g/mol. The molecule has 0 radical (unpaired) electrons. The third kappa shape index (κ3) is 5.19. The van der Waals surface area contributed by atoms with E-state index in [2.05, 4.69) is 5.32 Å². The average Bonchev–Trinajstić information content (AvgIpc) is 2.27. The zero-order valence-corrected chi connectivity index (χ0v) is 9.81. The zero-order valence-electron chi connectivity index (χ0n) is 9.81. The van der Waals surface area contributed by atoms with Crippen LogP contribution < -0.4 is 5.32 Å². The molecule has 94 valence electrons. The number of nitrogens with one attached hydrogen (secondary N) is 1. The number of rotatable bonds is 4. The van der Waals surface area contributed by atoms with E-state index in [0.29, 0.717) is 13.0 Å². The fourth-order valence-corrected chi connectivity index (χ4v) is 1.72. The van der Waals surface area contributed by atoms with Gasteiger partial charge in [0.05, 0.1) is 6.61 Å². The second-order valence-electron chi connectivity index (χ2n) is 3.79. The zero-order chi connectivity index (χ0) is 12.7. The molecule has 1 atom stereocenters. The van der Waals surface area contributed by atoms with Crippen molar-refractivity contribution in [2.75, 3.05) is 6.61 Å². The number of allylic oxidation sites excluding steroid dienone is 2. The van der Waals surface area contributed by atoms with Crippen LogP contribution in [0, 0.1) is 0 Å². The molecule has 1 aliphatic rings. The lowest BCUT2D eigenvalue weighted by Crippen LogP contribution is -2.36. The van der Waals surface area contributed by atoms with Crippen molar-refractivity contribution in [3.63, 3.8) is 0 Å². The Bertz CT molecular complexity index is 346. The van der Waals surface area contributed by atoms with Gasteiger partial charge >= 0.3 is 12.1 Å². The van der Waals surface area contributed by atoms with Crippen molar-refractivity contribution < 1.29 is 19.4 Å². The predicted molar refractivity (Wildman–Crippen MR) is 62.7 cm³/mol. The second-order valence-corrected chi connectivity index (χ2v) is 3.79. The summed E-state index contributed by atoms with van der Waals surface area (Å²) >= 11 is 0. The Labute approximate surface area is 100 Å². The summed E-state index contributed by atoms with van der Waals surface area (Å²) in [6, 6.07) is 0.0208. The molecule has 1 rings (SSSR count). The number of carboxylic acids is 1. The summed E-state index contributed by atoms with van der Waals surface area (Å²) in [7, 11) is 0. The standard InChI is InChI=1S/C12H17NO4/c1-2-17-12(16)13-10-5-3-4-9(8-10)6-7-11(14)15/h4,6-7,10H,2-3,5,8H2,1H3,(H,13,16)(H,14,15)/b7-6+. The summed E-state index contributed by atoms with van der Waals surface area (Å²) in [5.74, 6) is -0.966. The molecule has 0 aromatic heterocycles. The van der Waals surface area contributed by atoms with Gasteiger partial charge in [-0.25, -0.2) is 9.59 Å². The summed E-state index contributed by atoms with van der Waals surface area (Å²) < 4.78 is 4.80. The van der Waals surface area contributed by atoms with Gasteiger partial charge in [-0.2, -0.15) is 0 Å². The van der Waals surface area contributed by atoms with E-state index in [1.165, 1.54) is 0 Å². The number of amides is 1. The fourth-order valence-electron chi connectivity index (χ4n) is 1.72. The molecule has 17 heavy (non-hydrogen) atoms. The lowest BCUT2D eigenvalue weighted by molar-refractivity contribution is -0.131. The molecule has 2 N–H and O–H groups in total. The Balaban J connectivity index is 2.45. The van der Waals surface area contributed by atoms with Gasteiger partial charge in [0.1, 0.15) is 0 Å². The Morgan fingerprint density at radius 1 is 1.65 bits per heavy atom. The minimum atomic E-state index is -0.966. The molecular formula is C12H17NO4. The molecule has 1 unspecified atom stereocenters. The van der Waals surface area contributed by atoms with Gasteiger partial charge in [-0.3, -0.25) is 0 Å². The molecule has 5 nitrogen and oxygen atoms in total. The second kappa shape index (κ2) is 6.73. The Morgan fingerprint density at radius 3 is 3.06 bits per heavy atom. The van der Waals surface area contributed by atoms with Gasteiger partial charge in [-0.1, -0.05) is 12.2 Å². The SMILES string of the molecule is CCOC(=O)NC1CCC=C(/C=C/C(=O)O)C1. The predicted octanol–water partition coefficient (Wildman–Crippen LogP) is 1.85. The fraction of sp³-hybridized carbons (Fsp3) is 0.500. The largest absolute Gasteiger partial charge is 0.478 e. The molecule has 5 heteroatoms. The number of aliphatic carboxylic acids is 1. The first-order valence-electron chi connectivity index (χ1n) is 5.65. The quantitative estimate of drug-likeness (QED) is 0.734. The smallest absolute Gasteiger partial charge is 0.407 e. The van der Waals surface area contributed by atoms with Crippen molar-refractivity contribution in [1.29, 1.82) is 0 Å². The van der Waals surface area contributed by atoms with Gasteiger partial charge in [0.15, 0.2) is 0 Å². The van der Waals surface area contributed by atoms with Crippen LogP contribution in [0.5, 0.6) is 0 Å². The number of hydrogen-bond donors (Lipinski definition) is 2. The summed E-state index contributed by atoms with van der Waals surface area (Å²) in [5, 5.41) is 11.3. The highest BCUT2D eigenvalue weighted by molar-refractivity contribution is 5.80. The summed E-state index contributed by atoms with van der Waals surface area (Å²) in [6.45, 7) is 2.10. The molecule has 0 fully saturated rings. The molecule has 1 aliphatic carbocycles. The minimum absolute atomic E-state index is 0.0208. The number of carbonyl (C=O) groups is 2. The van der Waals surface area contributed by atoms with Gasteiger partial charge in [-0.05, 0) is 31.8 Å². The number of alkyl carbamates (subject to hydrolysis) is 1. The first-order chi connectivity index (χ1) is 8.11. The van der Waals surface area contributed by atoms with Crippen LogP contribution in [0.25, 0.3) is 0 Å². The van der Waals surface area contributed by atoms with Crippen molar-refractivity contribution in [2.45, 2.75) is 32.2 Å². The number of hydrogen-bond acceptors (Lipinski definition) is 3. The number of carbonyl (C=O) groups excluding carboxylic acids is 1. The highest BCUT2D eigenvalue weighted by Gasteiger charge is 2.16. The summed E-state index contributed by atoms with van der Waals surface area (Å²) in [6.07, 6.45) is 6.58. The van der Waals surface area contributed by atoms with Crippen molar-refractivity contribution in [1.82, 2.24) is 5.32 Å². The lowest BCUT2D eigenvalue weighted by Gasteiger charge is -2.22. The highest BCUT2D eigenvalue weighted by atomic mass is 16.5. The highest BCUT2D eigenvalue weighted by Crippen LogP contribution is 2.19. The maximum Gasteiger partial charge on any atom is 0.407 e. The summed E-state index contributed by atoms with van der Waals surface area (Å²) in [5.41, 5.74) is 0.931. The van der Waals surface area contributed by atoms with E-state index in [-0.39, 0.29) is 6.04 Å². The molecule has 0 saturated heterocycles. The first-order valence-corrected chi connectivity index (χ1v) is 5.65. The Morgan fingerprint density at radius 2 is 2.41 bits per heavy atom. The molecule has 0 saturated carbocycles. The normalized spacial score (nSPS) is 19.8. The molecule has 0 aromatic carbocycles. The van der Waals surface area contributed by atoms with Gasteiger partial charge in [0, 0.05) is 12.1 Å². The van der Waals surface area contributed by atoms with E-state index < -0.39 is 12.1 Å². The molecule has 0 bridgehead atoms. The van der Waals surface area contributed by atoms with E-state index >= 15 is 0 Å². The monoisotopic (exact) mass is 239 g/mol. The van der Waals surface area contributed by atoms with Crippen LogP contribution in [0.4, 0.5) is 4.79 Å². The van der Waals surface area contributed by atoms with Crippen molar-refractivity contribution in [3.05, 3.63) is 23.8 Å². The van der Waals surface area contributed by atoms with Crippen LogP contribution >= 0.6 is 0 Å². The van der Waals surface area contributed by atoms with Crippen LogP contribution in [0.3, 0.4) is 0 Å². The van der Waals surface area contributed by atoms with Gasteiger partial charge < -0.3 is 15.2 Å². The molecule has 0 aromatic rings. The van der Waals surface area contributed by atoms with E-state index in [9.17, 15) is 9.59 Å². The Hall–Kier alpha value is -1.78. The van der Waals surface area contributed by atoms with Gasteiger partial charge in [0.2, 0.25) is 0 Å². The molecule has 0 heterocycles.